The van der Waals surface area contributed by atoms with E-state index in [9.17, 15) is 23.4 Å². The molecule has 378 valence electrons. The molecule has 6 rings (SSSR count). The molecule has 4 N–H and O–H groups in total. The van der Waals surface area contributed by atoms with Crippen molar-refractivity contribution >= 4 is 35.7 Å². The molecule has 0 aliphatic carbocycles. The summed E-state index contributed by atoms with van der Waals surface area (Å²) < 4.78 is 44.1. The number of anilines is 1. The van der Waals surface area contributed by atoms with Gasteiger partial charge in [0.25, 0.3) is 0 Å². The van der Waals surface area contributed by atoms with Crippen LogP contribution < -0.4 is 11.1 Å². The number of nitrogens with zero attached hydrogens (tertiary/aromatic N) is 5. The molecule has 2 aromatic carbocycles. The van der Waals surface area contributed by atoms with Crippen molar-refractivity contribution in [2.45, 2.75) is 154 Å². The predicted molar refractivity (Wildman–Crippen MR) is 261 cm³/mol. The molecule has 3 aliphatic heterocycles. The van der Waals surface area contributed by atoms with E-state index in [1.807, 2.05) is 95.4 Å². The fraction of sp³-hybridized carbons (Fsp3) is 0.660. The molecule has 1 aromatic heterocycles. The number of rotatable bonds is 13. The van der Waals surface area contributed by atoms with Gasteiger partial charge in [0.05, 0.1) is 30.0 Å². The number of aryl methyl sites for hydroxylation is 1. The van der Waals surface area contributed by atoms with E-state index in [2.05, 4.69) is 34.7 Å². The van der Waals surface area contributed by atoms with E-state index in [0.717, 1.165) is 16.8 Å². The second-order valence-electron chi connectivity index (χ2n) is 19.4. The van der Waals surface area contributed by atoms with Gasteiger partial charge in [-0.15, -0.1) is 5.10 Å². The number of nitrogens with two attached hydrogens (primary N) is 1. The Morgan fingerprint density at radius 3 is 2.38 bits per heavy atom. The molecule has 3 aromatic rings. The molecule has 13 atom stereocenters. The fourth-order valence-corrected chi connectivity index (χ4v) is 10.3. The van der Waals surface area contributed by atoms with E-state index in [-0.39, 0.29) is 36.3 Å². The quantitative estimate of drug-likeness (QED) is 0.0706. The monoisotopic (exact) mass is 970 g/mol. The number of carbonyl (C=O) groups excluding carboxylic acids is 3. The van der Waals surface area contributed by atoms with Crippen LogP contribution in [0.15, 0.2) is 60.8 Å². The Morgan fingerprint density at radius 1 is 1.04 bits per heavy atom. The van der Waals surface area contributed by atoms with Crippen molar-refractivity contribution in [1.29, 1.82) is 0 Å². The number of ketones is 1. The SMILES string of the molecule is CC[C@H]1OC(=O)[C@H](C)C(=O)[C@H](C)[C@@H](O[C@@H]2OC(C)CC(N(C)C)C2O)[C@](C)(OC)C[C@@H](C)CN[C@H](Cc2ccccc2)[C@H]2N(CCCCn3cc(-c4cccc(N)c4)nn3)C(=O)O[C@]12C.CSF. The Bertz CT molecular complexity index is 2090. The number of benzene rings is 2. The number of nitrogen functional groups attached to an aromatic ring is 1. The van der Waals surface area contributed by atoms with Crippen LogP contribution in [-0.4, -0.2) is 148 Å². The van der Waals surface area contributed by atoms with Gasteiger partial charge < -0.3 is 44.7 Å². The molecule has 3 saturated heterocycles. The Morgan fingerprint density at radius 2 is 1.74 bits per heavy atom. The van der Waals surface area contributed by atoms with E-state index >= 15 is 0 Å². The summed E-state index contributed by atoms with van der Waals surface area (Å²) in [6.07, 6.45) is 1.90. The van der Waals surface area contributed by atoms with Gasteiger partial charge in [0, 0.05) is 67.9 Å². The van der Waals surface area contributed by atoms with Crippen LogP contribution in [0.1, 0.15) is 86.1 Å². The van der Waals surface area contributed by atoms with Gasteiger partial charge in [-0.25, -0.2) is 4.79 Å². The molecular weight excluding hydrogens is 894 g/mol. The number of aromatic nitrogens is 3. The Hall–Kier alpha value is -4.17. The van der Waals surface area contributed by atoms with Crippen LogP contribution in [0.2, 0.25) is 0 Å². The Labute approximate surface area is 406 Å². The molecule has 3 fully saturated rings. The van der Waals surface area contributed by atoms with E-state index in [4.69, 9.17) is 29.4 Å². The van der Waals surface area contributed by atoms with E-state index in [0.29, 0.717) is 63.8 Å². The normalized spacial score (nSPS) is 32.9. The van der Waals surface area contributed by atoms with Crippen LogP contribution in [-0.2, 0) is 46.2 Å². The van der Waals surface area contributed by atoms with Gasteiger partial charge in [0.2, 0.25) is 0 Å². The van der Waals surface area contributed by atoms with Gasteiger partial charge >= 0.3 is 12.1 Å². The highest BCUT2D eigenvalue weighted by molar-refractivity contribution is 7.93. The van der Waals surface area contributed by atoms with Gasteiger partial charge in [0.15, 0.2) is 17.7 Å². The molecule has 3 aliphatic rings. The second-order valence-corrected chi connectivity index (χ2v) is 19.8. The summed E-state index contributed by atoms with van der Waals surface area (Å²) in [6.45, 7) is 14.4. The summed E-state index contributed by atoms with van der Waals surface area (Å²) in [4.78, 5) is 46.9. The van der Waals surface area contributed by atoms with Crippen molar-refractivity contribution in [3.63, 3.8) is 0 Å². The molecule has 16 nitrogen and oxygen atoms in total. The number of hydrogen-bond acceptors (Lipinski definition) is 15. The lowest BCUT2D eigenvalue weighted by Gasteiger charge is -2.46. The summed E-state index contributed by atoms with van der Waals surface area (Å²) >= 11 is 0.250. The Balaban J connectivity index is 0.00000280. The van der Waals surface area contributed by atoms with Crippen molar-refractivity contribution in [2.24, 2.45) is 17.8 Å². The zero-order valence-corrected chi connectivity index (χ0v) is 42.6. The maximum atomic E-state index is 14.6. The van der Waals surface area contributed by atoms with Crippen molar-refractivity contribution < 1.29 is 47.1 Å². The molecule has 4 heterocycles. The van der Waals surface area contributed by atoms with Crippen LogP contribution in [0.5, 0.6) is 0 Å². The standard InChI is InChI=1S/C49H73N7O9.CH3FS/c1-11-40-49(7)43(56(47(60)65-49)23-16-15-22-55-29-38(52-53-55)35-20-17-21-36(50)26-35)37(25-34-18-13-12-14-19-34)51-28-30(2)27-48(6,61-10)44(32(4)41(57)33(5)45(59)63-40)64-46-42(58)39(54(8)9)24-31(3)62-46;1-3-2/h12-14,17-21,26,29-33,37,39-40,42-44,46,51,58H,11,15-16,22-25,27-28,50H2,1-10H3;1H3/t30-,31?,32+,33-,37-,39?,40-,42?,43-,44-,46+,48-,49-;/m1./s1. The number of esters is 1. The molecule has 0 radical (unpaired) electrons. The van der Waals surface area contributed by atoms with Gasteiger partial charge in [-0.05, 0) is 110 Å². The second kappa shape index (κ2) is 24.6. The van der Waals surface area contributed by atoms with E-state index in [1.54, 1.807) is 30.5 Å². The number of aliphatic hydroxyl groups is 1. The number of halogens is 1. The maximum Gasteiger partial charge on any atom is 0.410 e. The highest BCUT2D eigenvalue weighted by Crippen LogP contribution is 2.41. The fourth-order valence-electron chi connectivity index (χ4n) is 10.3. The molecule has 1 amide bonds. The maximum absolute atomic E-state index is 14.6. The van der Waals surface area contributed by atoms with Crippen LogP contribution in [0, 0.1) is 17.8 Å². The number of aliphatic hydroxyl groups excluding tert-OH is 1. The zero-order valence-electron chi connectivity index (χ0n) is 41.8. The summed E-state index contributed by atoms with van der Waals surface area (Å²) in [5.74, 6) is -3.27. The summed E-state index contributed by atoms with van der Waals surface area (Å²) in [5.41, 5.74) is 6.93. The van der Waals surface area contributed by atoms with Crippen LogP contribution in [0.4, 0.5) is 14.4 Å². The molecule has 18 heteroatoms. The van der Waals surface area contributed by atoms with Gasteiger partial charge in [-0.2, -0.15) is 3.89 Å². The number of fused-ring (bicyclic) bond motifs is 1. The summed E-state index contributed by atoms with van der Waals surface area (Å²) in [6, 6.07) is 16.4. The number of Topliss-reactive ketones (excluding diaryl/α,β-unsaturated/α-hetero) is 1. The first-order valence-corrected chi connectivity index (χ1v) is 25.1. The number of likely N-dealkylation sites (N-methyl/N-ethyl adjacent to an activating group) is 1. The number of methoxy groups -OCH3 is 1. The van der Waals surface area contributed by atoms with E-state index in [1.165, 1.54) is 6.26 Å². The zero-order chi connectivity index (χ0) is 49.9. The van der Waals surface area contributed by atoms with Crippen molar-refractivity contribution in [1.82, 2.24) is 30.1 Å². The van der Waals surface area contributed by atoms with Crippen LogP contribution in [0.25, 0.3) is 11.3 Å². The molecule has 0 saturated carbocycles. The third-order valence-electron chi connectivity index (χ3n) is 14.0. The third-order valence-corrected chi connectivity index (χ3v) is 14.0. The lowest BCUT2D eigenvalue weighted by atomic mass is 9.78. The predicted octanol–water partition coefficient (Wildman–Crippen LogP) is 6.74. The number of amides is 1. The smallest absolute Gasteiger partial charge is 0.410 e. The first-order chi connectivity index (χ1) is 32.3. The van der Waals surface area contributed by atoms with E-state index < -0.39 is 71.5 Å². The largest absolute Gasteiger partial charge is 0.458 e. The highest BCUT2D eigenvalue weighted by Gasteiger charge is 2.59. The molecular formula is C50H76FN7O9S. The van der Waals surface area contributed by atoms with Crippen molar-refractivity contribution in [3.8, 4) is 11.3 Å². The minimum Gasteiger partial charge on any atom is -0.458 e. The van der Waals surface area contributed by atoms with Gasteiger partial charge in [-0.1, -0.05) is 68.4 Å². The highest BCUT2D eigenvalue weighted by atomic mass is 32.2. The minimum absolute atomic E-state index is 0.0581. The summed E-state index contributed by atoms with van der Waals surface area (Å²) in [5, 5.41) is 24.1. The number of unbranched alkanes of at least 4 members (excludes halogenated alkanes) is 1. The molecule has 0 bridgehead atoms. The molecule has 0 spiro atoms. The first-order valence-electron chi connectivity index (χ1n) is 23.9. The van der Waals surface area contributed by atoms with Crippen LogP contribution in [0.3, 0.4) is 0 Å². The lowest BCUT2D eigenvalue weighted by Crippen LogP contribution is -2.62. The Kier molecular flexibility index (Phi) is 19.8. The molecule has 68 heavy (non-hydrogen) atoms. The third kappa shape index (κ3) is 13.2. The topological polar surface area (TPSA) is 193 Å². The van der Waals surface area contributed by atoms with Crippen molar-refractivity contribution in [2.75, 3.05) is 46.3 Å². The number of hydrogen-bond donors (Lipinski definition) is 3. The van der Waals surface area contributed by atoms with Crippen LogP contribution >= 0.6 is 12.1 Å². The number of ether oxygens (including phenoxy) is 5. The first kappa shape index (κ1) is 54.8. The average molecular weight is 970 g/mol. The summed E-state index contributed by atoms with van der Waals surface area (Å²) in [7, 11) is 5.41. The minimum atomic E-state index is -1.30. The van der Waals surface area contributed by atoms with Crippen molar-refractivity contribution in [3.05, 3.63) is 66.4 Å². The molecule has 3 unspecified atom stereocenters. The number of cyclic esters (lactones) is 1. The van der Waals surface area contributed by atoms with Gasteiger partial charge in [-0.3, -0.25) is 19.2 Å². The van der Waals surface area contributed by atoms with Gasteiger partial charge in [0.1, 0.15) is 23.8 Å². The average Bonchev–Trinajstić information content (AvgIpc) is 3.89. The number of nitrogens with one attached hydrogen (secondary N) is 1. The lowest BCUT2D eigenvalue weighted by molar-refractivity contribution is -0.295. The number of carbonyl (C=O) groups is 3.